The fourth-order valence-corrected chi connectivity index (χ4v) is 6.57. The summed E-state index contributed by atoms with van der Waals surface area (Å²) in [7, 11) is -7.90. The molecule has 10 heteroatoms. The molecule has 0 radical (unpaired) electrons. The Balaban J connectivity index is 1.91. The average Bonchev–Trinajstić information content (AvgIpc) is 3.16. The zero-order chi connectivity index (χ0) is 20.4. The molecule has 0 bridgehead atoms. The van der Waals surface area contributed by atoms with Gasteiger partial charge in [0.2, 0.25) is 10.0 Å². The maximum Gasteiger partial charge on any atom is 0.240 e. The number of benzene rings is 2. The Labute approximate surface area is 171 Å². The second-order valence-corrected chi connectivity index (χ2v) is 11.1. The minimum atomic E-state index is -4.01. The van der Waals surface area contributed by atoms with Crippen molar-refractivity contribution in [2.75, 3.05) is 6.54 Å². The van der Waals surface area contributed by atoms with Crippen LogP contribution in [0.3, 0.4) is 0 Å². The number of thiophene rings is 1. The van der Waals surface area contributed by atoms with E-state index < -0.39 is 30.9 Å². The molecule has 148 valence electrons. The number of hydrogen-bond donors (Lipinski definition) is 1. The van der Waals surface area contributed by atoms with Crippen LogP contribution < -0.4 is 4.72 Å². The van der Waals surface area contributed by atoms with E-state index in [4.69, 9.17) is 11.6 Å². The Morgan fingerprint density at radius 3 is 2.11 bits per heavy atom. The molecule has 0 fully saturated rings. The highest BCUT2D eigenvalue weighted by Crippen LogP contribution is 2.32. The third kappa shape index (κ3) is 4.61. The zero-order valence-corrected chi connectivity index (χ0v) is 17.5. The van der Waals surface area contributed by atoms with Crippen LogP contribution in [0.1, 0.15) is 10.1 Å². The number of hydrogen-bond acceptors (Lipinski definition) is 5. The van der Waals surface area contributed by atoms with Crippen LogP contribution in [-0.4, -0.2) is 23.4 Å². The normalized spacial score (nSPS) is 13.4. The number of nitrogens with one attached hydrogen (secondary N) is 1. The first kappa shape index (κ1) is 20.9. The highest BCUT2D eigenvalue weighted by atomic mass is 35.5. The summed E-state index contributed by atoms with van der Waals surface area (Å²) in [5, 5.41) is 0.987. The molecule has 1 unspecified atom stereocenters. The summed E-state index contributed by atoms with van der Waals surface area (Å²) in [5.74, 6) is -0.569. The van der Waals surface area contributed by atoms with Crippen LogP contribution >= 0.6 is 22.9 Å². The van der Waals surface area contributed by atoms with E-state index in [9.17, 15) is 21.2 Å². The van der Waals surface area contributed by atoms with Gasteiger partial charge in [-0.15, -0.1) is 11.3 Å². The number of sulfone groups is 1. The quantitative estimate of drug-likeness (QED) is 0.578. The molecule has 28 heavy (non-hydrogen) atoms. The molecular weight excluding hydrogens is 445 g/mol. The number of halogens is 2. The third-order valence-electron chi connectivity index (χ3n) is 3.96. The van der Waals surface area contributed by atoms with Gasteiger partial charge in [-0.05, 0) is 60.0 Å². The number of sulfonamides is 1. The monoisotopic (exact) mass is 459 g/mol. The van der Waals surface area contributed by atoms with Crippen LogP contribution in [-0.2, 0) is 19.9 Å². The summed E-state index contributed by atoms with van der Waals surface area (Å²) in [4.78, 5) is 0.385. The van der Waals surface area contributed by atoms with Gasteiger partial charge >= 0.3 is 0 Å². The summed E-state index contributed by atoms with van der Waals surface area (Å²) in [6, 6.07) is 13.3. The fraction of sp³-hybridized carbons (Fsp3) is 0.111. The van der Waals surface area contributed by atoms with E-state index in [0.717, 1.165) is 24.3 Å². The maximum absolute atomic E-state index is 13.1. The second-order valence-electron chi connectivity index (χ2n) is 5.81. The predicted octanol–water partition coefficient (Wildman–Crippen LogP) is 4.03. The van der Waals surface area contributed by atoms with Crippen LogP contribution in [0.2, 0.25) is 5.02 Å². The summed E-state index contributed by atoms with van der Waals surface area (Å²) < 4.78 is 66.6. The van der Waals surface area contributed by atoms with Crippen molar-refractivity contribution < 1.29 is 21.2 Å². The van der Waals surface area contributed by atoms with Crippen molar-refractivity contribution in [3.63, 3.8) is 0 Å². The lowest BCUT2D eigenvalue weighted by Gasteiger charge is -2.17. The Bertz CT molecular complexity index is 1140. The van der Waals surface area contributed by atoms with Gasteiger partial charge in [0, 0.05) is 16.4 Å². The van der Waals surface area contributed by atoms with Gasteiger partial charge in [0.05, 0.1) is 9.79 Å². The zero-order valence-electron chi connectivity index (χ0n) is 14.2. The van der Waals surface area contributed by atoms with Crippen molar-refractivity contribution in [1.82, 2.24) is 4.72 Å². The maximum atomic E-state index is 13.1. The van der Waals surface area contributed by atoms with Gasteiger partial charge < -0.3 is 0 Å². The fourth-order valence-electron chi connectivity index (χ4n) is 2.51. The average molecular weight is 460 g/mol. The molecule has 5 nitrogen and oxygen atoms in total. The Morgan fingerprint density at radius 1 is 0.929 bits per heavy atom. The molecule has 0 spiro atoms. The van der Waals surface area contributed by atoms with Crippen molar-refractivity contribution >= 4 is 42.8 Å². The topological polar surface area (TPSA) is 80.3 Å². The highest BCUT2D eigenvalue weighted by molar-refractivity contribution is 7.92. The van der Waals surface area contributed by atoms with Gasteiger partial charge in [0.15, 0.2) is 9.84 Å². The SMILES string of the molecule is O=S(=O)(NCC(c1cccs1)S(=O)(=O)c1ccc(Cl)cc1)c1ccc(F)cc1. The lowest BCUT2D eigenvalue weighted by Crippen LogP contribution is -2.31. The van der Waals surface area contributed by atoms with Gasteiger partial charge in [-0.2, -0.15) is 0 Å². The minimum absolute atomic E-state index is 0.0382. The van der Waals surface area contributed by atoms with Crippen molar-refractivity contribution in [3.05, 3.63) is 81.8 Å². The second kappa shape index (κ2) is 8.30. The molecule has 0 amide bonds. The molecule has 0 aliphatic carbocycles. The summed E-state index contributed by atoms with van der Waals surface area (Å²) in [6.07, 6.45) is 0. The third-order valence-corrected chi connectivity index (χ3v) is 8.89. The first-order valence-corrected chi connectivity index (χ1v) is 12.3. The van der Waals surface area contributed by atoms with Crippen molar-refractivity contribution in [3.8, 4) is 0 Å². The minimum Gasteiger partial charge on any atom is -0.223 e. The Hall–Kier alpha value is -1.78. The molecule has 1 aromatic heterocycles. The molecule has 3 rings (SSSR count). The van der Waals surface area contributed by atoms with Gasteiger partial charge in [-0.25, -0.2) is 25.9 Å². The van der Waals surface area contributed by atoms with Crippen LogP contribution in [0.4, 0.5) is 4.39 Å². The molecule has 3 aromatic rings. The standard InChI is InChI=1S/C18H15ClFNO4S3/c19-13-3-7-15(8-4-13)27(22,23)18(17-2-1-11-26-17)12-21-28(24,25)16-9-5-14(20)6-10-16/h1-11,18,21H,12H2. The van der Waals surface area contributed by atoms with E-state index in [-0.39, 0.29) is 16.3 Å². The van der Waals surface area contributed by atoms with Crippen LogP contribution in [0, 0.1) is 5.82 Å². The Kier molecular flexibility index (Phi) is 6.21. The molecule has 2 aromatic carbocycles. The lowest BCUT2D eigenvalue weighted by atomic mass is 10.3. The summed E-state index contributed by atoms with van der Waals surface area (Å²) >= 11 is 7.04. The Morgan fingerprint density at radius 2 is 1.54 bits per heavy atom. The molecule has 0 aliphatic rings. The van der Waals surface area contributed by atoms with Crippen LogP contribution in [0.25, 0.3) is 0 Å². The molecule has 0 aliphatic heterocycles. The van der Waals surface area contributed by atoms with Crippen molar-refractivity contribution in [1.29, 1.82) is 0 Å². The van der Waals surface area contributed by atoms with E-state index >= 15 is 0 Å². The molecule has 0 saturated heterocycles. The van der Waals surface area contributed by atoms with Crippen molar-refractivity contribution in [2.24, 2.45) is 0 Å². The predicted molar refractivity (Wildman–Crippen MR) is 107 cm³/mol. The largest absolute Gasteiger partial charge is 0.240 e. The summed E-state index contributed by atoms with van der Waals surface area (Å²) in [5.41, 5.74) is 0. The smallest absolute Gasteiger partial charge is 0.223 e. The van der Waals surface area contributed by atoms with Crippen LogP contribution in [0.5, 0.6) is 0 Å². The highest BCUT2D eigenvalue weighted by Gasteiger charge is 2.31. The first-order valence-electron chi connectivity index (χ1n) is 7.98. The van der Waals surface area contributed by atoms with Gasteiger partial charge in [-0.1, -0.05) is 17.7 Å². The van der Waals surface area contributed by atoms with E-state index in [1.54, 1.807) is 17.5 Å². The van der Waals surface area contributed by atoms with Gasteiger partial charge in [0.1, 0.15) is 11.1 Å². The van der Waals surface area contributed by atoms with E-state index in [0.29, 0.717) is 9.90 Å². The van der Waals surface area contributed by atoms with Gasteiger partial charge in [-0.3, -0.25) is 0 Å². The van der Waals surface area contributed by atoms with Gasteiger partial charge in [0.25, 0.3) is 0 Å². The molecular formula is C18H15ClFNO4S3. The summed E-state index contributed by atoms with van der Waals surface area (Å²) in [6.45, 7) is -0.370. The van der Waals surface area contributed by atoms with Crippen LogP contribution in [0.15, 0.2) is 75.8 Å². The molecule has 1 heterocycles. The molecule has 1 N–H and O–H groups in total. The molecule has 1 atom stereocenters. The van der Waals surface area contributed by atoms with E-state index in [1.807, 2.05) is 0 Å². The van der Waals surface area contributed by atoms with Crippen molar-refractivity contribution in [2.45, 2.75) is 15.0 Å². The first-order chi connectivity index (χ1) is 13.2. The number of rotatable bonds is 7. The van der Waals surface area contributed by atoms with E-state index in [2.05, 4.69) is 4.72 Å². The van der Waals surface area contributed by atoms with E-state index in [1.165, 1.54) is 35.6 Å². The molecule has 0 saturated carbocycles. The lowest BCUT2D eigenvalue weighted by molar-refractivity contribution is 0.569.